The quantitative estimate of drug-likeness (QED) is 0.748. The zero-order valence-corrected chi connectivity index (χ0v) is 17.6. The highest BCUT2D eigenvalue weighted by Gasteiger charge is 2.32. The second-order valence-corrected chi connectivity index (χ2v) is 8.60. The van der Waals surface area contributed by atoms with Crippen molar-refractivity contribution in [2.24, 2.45) is 11.7 Å². The number of amides is 2. The number of carbonyl (C=O) groups excluding carboxylic acids is 2. The lowest BCUT2D eigenvalue weighted by molar-refractivity contribution is -0.117. The molecule has 0 saturated heterocycles. The maximum atomic E-state index is 13.4. The summed E-state index contributed by atoms with van der Waals surface area (Å²) in [5.41, 5.74) is 9.28. The van der Waals surface area contributed by atoms with Crippen LogP contribution in [0.5, 0.6) is 0 Å². The van der Waals surface area contributed by atoms with E-state index in [0.29, 0.717) is 17.7 Å². The summed E-state index contributed by atoms with van der Waals surface area (Å²) in [5.74, 6) is 0.171. The van der Waals surface area contributed by atoms with E-state index in [9.17, 15) is 9.59 Å². The number of hydrogen-bond acceptors (Lipinski definition) is 4. The molecule has 0 aromatic heterocycles. The fraction of sp³-hybridized carbons (Fsp3) is 0.400. The van der Waals surface area contributed by atoms with Crippen molar-refractivity contribution < 1.29 is 9.59 Å². The Morgan fingerprint density at radius 3 is 2.29 bits per heavy atom. The number of rotatable bonds is 6. The number of nitrogens with one attached hydrogen (secondary N) is 1. The summed E-state index contributed by atoms with van der Waals surface area (Å²) in [4.78, 5) is 27.3. The van der Waals surface area contributed by atoms with Crippen molar-refractivity contribution in [3.05, 3.63) is 65.2 Å². The summed E-state index contributed by atoms with van der Waals surface area (Å²) in [7, 11) is 0. The lowest BCUT2D eigenvalue weighted by Gasteiger charge is -2.38. The molecule has 2 aromatic carbocycles. The number of nitriles is 1. The molecule has 2 aliphatic rings. The van der Waals surface area contributed by atoms with E-state index in [2.05, 4.69) is 11.4 Å². The van der Waals surface area contributed by atoms with E-state index in [1.165, 1.54) is 0 Å². The molecule has 2 amide bonds. The topological polar surface area (TPSA) is 99.2 Å². The number of carbonyl (C=O) groups is 2. The van der Waals surface area contributed by atoms with Gasteiger partial charge in [0.2, 0.25) is 5.91 Å². The van der Waals surface area contributed by atoms with E-state index in [1.807, 2.05) is 29.2 Å². The third-order valence-electron chi connectivity index (χ3n) is 6.23. The molecule has 0 spiro atoms. The van der Waals surface area contributed by atoms with Crippen LogP contribution in [0.3, 0.4) is 0 Å². The smallest absolute Gasteiger partial charge is 0.254 e. The molecule has 0 radical (unpaired) electrons. The van der Waals surface area contributed by atoms with Crippen LogP contribution < -0.4 is 11.1 Å². The summed E-state index contributed by atoms with van der Waals surface area (Å²) in [6.45, 7) is 0.452. The average Bonchev–Trinajstić information content (AvgIpc) is 3.64. The Morgan fingerprint density at radius 1 is 1.00 bits per heavy atom. The summed E-state index contributed by atoms with van der Waals surface area (Å²) < 4.78 is 0. The highest BCUT2D eigenvalue weighted by molar-refractivity contribution is 5.95. The van der Waals surface area contributed by atoms with E-state index in [4.69, 9.17) is 11.0 Å². The third kappa shape index (κ3) is 5.12. The van der Waals surface area contributed by atoms with Crippen LogP contribution in [0.2, 0.25) is 0 Å². The van der Waals surface area contributed by atoms with Crippen LogP contribution in [0.15, 0.2) is 48.5 Å². The molecule has 31 heavy (non-hydrogen) atoms. The Bertz CT molecular complexity index is 974. The van der Waals surface area contributed by atoms with Gasteiger partial charge in [0, 0.05) is 35.8 Å². The first kappa shape index (κ1) is 21.1. The van der Waals surface area contributed by atoms with Gasteiger partial charge in [-0.1, -0.05) is 25.0 Å². The number of hydrogen-bond donors (Lipinski definition) is 2. The molecule has 2 fully saturated rings. The van der Waals surface area contributed by atoms with Crippen molar-refractivity contribution in [3.63, 3.8) is 0 Å². The SMILES string of the molecule is N#Cc1ccc(C(=O)N(Cc2ccc(NC(=O)C3CC3)cc2)C2CCCCC2N)cc1. The first-order valence-electron chi connectivity index (χ1n) is 11.0. The molecule has 3 N–H and O–H groups in total. The highest BCUT2D eigenvalue weighted by Crippen LogP contribution is 2.30. The minimum absolute atomic E-state index is 0.0221. The molecule has 6 heteroatoms. The van der Waals surface area contributed by atoms with Crippen LogP contribution in [0.4, 0.5) is 5.69 Å². The average molecular weight is 417 g/mol. The zero-order valence-electron chi connectivity index (χ0n) is 17.6. The number of nitrogens with zero attached hydrogens (tertiary/aromatic N) is 2. The van der Waals surface area contributed by atoms with Gasteiger partial charge >= 0.3 is 0 Å². The van der Waals surface area contributed by atoms with Crippen LogP contribution in [0, 0.1) is 17.2 Å². The van der Waals surface area contributed by atoms with Crippen molar-refractivity contribution in [1.29, 1.82) is 5.26 Å². The fourth-order valence-electron chi connectivity index (χ4n) is 4.20. The van der Waals surface area contributed by atoms with Crippen LogP contribution in [-0.2, 0) is 11.3 Å². The normalized spacial score (nSPS) is 20.5. The van der Waals surface area contributed by atoms with Gasteiger partial charge < -0.3 is 16.0 Å². The van der Waals surface area contributed by atoms with Crippen molar-refractivity contribution in [2.45, 2.75) is 57.2 Å². The Kier molecular flexibility index (Phi) is 6.34. The Hall–Kier alpha value is -3.17. The van der Waals surface area contributed by atoms with Crippen molar-refractivity contribution in [2.75, 3.05) is 5.32 Å². The molecule has 2 aliphatic carbocycles. The van der Waals surface area contributed by atoms with E-state index < -0.39 is 0 Å². The van der Waals surface area contributed by atoms with E-state index in [1.54, 1.807) is 24.3 Å². The largest absolute Gasteiger partial charge is 0.330 e. The standard InChI is InChI=1S/C25H28N4O2/c26-15-17-5-9-20(10-6-17)25(31)29(23-4-2-1-3-22(23)27)16-18-7-13-21(14-8-18)28-24(30)19-11-12-19/h5-10,13-14,19,22-23H,1-4,11-12,16,27H2,(H,28,30). The van der Waals surface area contributed by atoms with Crippen LogP contribution in [0.25, 0.3) is 0 Å². The first-order chi connectivity index (χ1) is 15.0. The molecule has 160 valence electrons. The zero-order chi connectivity index (χ0) is 21.8. The summed E-state index contributed by atoms with van der Waals surface area (Å²) in [5, 5.41) is 12.0. The summed E-state index contributed by atoms with van der Waals surface area (Å²) in [6.07, 6.45) is 5.89. The molecule has 2 atom stereocenters. The van der Waals surface area contributed by atoms with Gasteiger partial charge in [-0.05, 0) is 67.6 Å². The maximum absolute atomic E-state index is 13.4. The molecule has 0 heterocycles. The van der Waals surface area contributed by atoms with E-state index in [-0.39, 0.29) is 29.8 Å². The monoisotopic (exact) mass is 416 g/mol. The molecule has 0 aliphatic heterocycles. The van der Waals surface area contributed by atoms with Gasteiger partial charge in [0.15, 0.2) is 0 Å². The fourth-order valence-corrected chi connectivity index (χ4v) is 4.20. The number of benzene rings is 2. The number of anilines is 1. The molecule has 4 rings (SSSR count). The molecule has 6 nitrogen and oxygen atoms in total. The van der Waals surface area contributed by atoms with Gasteiger partial charge in [-0.15, -0.1) is 0 Å². The van der Waals surface area contributed by atoms with Crippen LogP contribution in [0.1, 0.15) is 60.0 Å². The van der Waals surface area contributed by atoms with E-state index >= 15 is 0 Å². The predicted octanol–water partition coefficient (Wildman–Crippen LogP) is 3.82. The van der Waals surface area contributed by atoms with E-state index in [0.717, 1.165) is 49.8 Å². The van der Waals surface area contributed by atoms with Crippen molar-refractivity contribution in [1.82, 2.24) is 4.90 Å². The molecule has 2 saturated carbocycles. The van der Waals surface area contributed by atoms with Gasteiger partial charge in [0.1, 0.15) is 0 Å². The Balaban J connectivity index is 1.52. The van der Waals surface area contributed by atoms with Crippen LogP contribution >= 0.6 is 0 Å². The lowest BCUT2D eigenvalue weighted by atomic mass is 9.89. The molecule has 2 aromatic rings. The highest BCUT2D eigenvalue weighted by atomic mass is 16.2. The Morgan fingerprint density at radius 2 is 1.68 bits per heavy atom. The second-order valence-electron chi connectivity index (χ2n) is 8.60. The Labute approximate surface area is 183 Å². The second kappa shape index (κ2) is 9.32. The van der Waals surface area contributed by atoms with Gasteiger partial charge in [0.05, 0.1) is 11.6 Å². The minimum Gasteiger partial charge on any atom is -0.330 e. The predicted molar refractivity (Wildman–Crippen MR) is 119 cm³/mol. The number of nitrogens with two attached hydrogens (primary N) is 1. The van der Waals surface area contributed by atoms with Gasteiger partial charge in [-0.2, -0.15) is 5.26 Å². The van der Waals surface area contributed by atoms with Gasteiger partial charge in [-0.25, -0.2) is 0 Å². The minimum atomic E-state index is -0.0713. The molecular weight excluding hydrogens is 388 g/mol. The molecule has 0 bridgehead atoms. The van der Waals surface area contributed by atoms with Crippen molar-refractivity contribution >= 4 is 17.5 Å². The lowest BCUT2D eigenvalue weighted by Crippen LogP contribution is -2.51. The molecule has 2 unspecified atom stereocenters. The van der Waals surface area contributed by atoms with Gasteiger partial charge in [0.25, 0.3) is 5.91 Å². The molecular formula is C25H28N4O2. The first-order valence-corrected chi connectivity index (χ1v) is 11.0. The maximum Gasteiger partial charge on any atom is 0.254 e. The summed E-state index contributed by atoms with van der Waals surface area (Å²) in [6, 6.07) is 16.5. The van der Waals surface area contributed by atoms with Crippen LogP contribution in [-0.4, -0.2) is 28.8 Å². The van der Waals surface area contributed by atoms with Gasteiger partial charge in [-0.3, -0.25) is 9.59 Å². The van der Waals surface area contributed by atoms with Crippen molar-refractivity contribution in [3.8, 4) is 6.07 Å². The summed E-state index contributed by atoms with van der Waals surface area (Å²) >= 11 is 0. The third-order valence-corrected chi connectivity index (χ3v) is 6.23.